The van der Waals surface area contributed by atoms with Gasteiger partial charge in [-0.3, -0.25) is 4.79 Å². The fourth-order valence-electron chi connectivity index (χ4n) is 2.82. The van der Waals surface area contributed by atoms with Gasteiger partial charge in [0.1, 0.15) is 18.5 Å². The summed E-state index contributed by atoms with van der Waals surface area (Å²) in [6, 6.07) is 5.62. The van der Waals surface area contributed by atoms with E-state index in [1.54, 1.807) is 0 Å². The highest BCUT2D eigenvalue weighted by atomic mass is 16.5. The molecule has 5 nitrogen and oxygen atoms in total. The lowest BCUT2D eigenvalue weighted by atomic mass is 9.99. The number of β-amino-alcohol motifs (C(OH)–C–C–N with tert-alkyl or cyclic N) is 1. The number of rotatable bonds is 6. The van der Waals surface area contributed by atoms with Crippen molar-refractivity contribution in [3.05, 3.63) is 23.8 Å². The van der Waals surface area contributed by atoms with Crippen molar-refractivity contribution in [3.63, 3.8) is 0 Å². The van der Waals surface area contributed by atoms with Crippen LogP contribution in [0.15, 0.2) is 18.2 Å². The SMILES string of the molecule is CC(=O)Nc1ccc(C)cc1OC[C@H](O)CN1CCC(C)CC1. The van der Waals surface area contributed by atoms with Crippen LogP contribution in [0.4, 0.5) is 5.69 Å². The van der Waals surface area contributed by atoms with Crippen LogP contribution < -0.4 is 10.1 Å². The predicted molar refractivity (Wildman–Crippen MR) is 91.8 cm³/mol. The van der Waals surface area contributed by atoms with Crippen molar-refractivity contribution in [1.82, 2.24) is 4.90 Å². The maximum Gasteiger partial charge on any atom is 0.221 e. The van der Waals surface area contributed by atoms with Gasteiger partial charge in [-0.05, 0) is 56.5 Å². The first kappa shape index (κ1) is 17.8. The first-order valence-electron chi connectivity index (χ1n) is 8.35. The fourth-order valence-corrected chi connectivity index (χ4v) is 2.82. The van der Waals surface area contributed by atoms with Crippen molar-refractivity contribution in [2.24, 2.45) is 5.92 Å². The van der Waals surface area contributed by atoms with Crippen molar-refractivity contribution in [3.8, 4) is 5.75 Å². The summed E-state index contributed by atoms with van der Waals surface area (Å²) in [5, 5.41) is 13.0. The Morgan fingerprint density at radius 1 is 1.43 bits per heavy atom. The lowest BCUT2D eigenvalue weighted by Gasteiger charge is -2.31. The molecule has 0 aliphatic carbocycles. The molecule has 1 saturated heterocycles. The van der Waals surface area contributed by atoms with E-state index in [1.807, 2.05) is 25.1 Å². The summed E-state index contributed by atoms with van der Waals surface area (Å²) in [5.74, 6) is 1.25. The molecule has 0 unspecified atom stereocenters. The van der Waals surface area contributed by atoms with Crippen LogP contribution in [0, 0.1) is 12.8 Å². The minimum absolute atomic E-state index is 0.137. The zero-order valence-corrected chi connectivity index (χ0v) is 14.3. The second-order valence-corrected chi connectivity index (χ2v) is 6.63. The third-order valence-electron chi connectivity index (χ3n) is 4.22. The Balaban J connectivity index is 1.87. The van der Waals surface area contributed by atoms with Gasteiger partial charge in [0.05, 0.1) is 5.69 Å². The number of carbonyl (C=O) groups excluding carboxylic acids is 1. The Bertz CT molecular complexity index is 525. The summed E-state index contributed by atoms with van der Waals surface area (Å²) in [6.45, 7) is 8.65. The number of aryl methyl sites for hydroxylation is 1. The number of ether oxygens (including phenoxy) is 1. The van der Waals surface area contributed by atoms with Crippen LogP contribution in [0.1, 0.15) is 32.3 Å². The van der Waals surface area contributed by atoms with E-state index in [-0.39, 0.29) is 12.5 Å². The number of likely N-dealkylation sites (tertiary alicyclic amines) is 1. The molecule has 1 aromatic rings. The summed E-state index contributed by atoms with van der Waals surface area (Å²) in [7, 11) is 0. The zero-order chi connectivity index (χ0) is 16.8. The maximum atomic E-state index is 11.3. The van der Waals surface area contributed by atoms with Gasteiger partial charge in [-0.2, -0.15) is 0 Å². The van der Waals surface area contributed by atoms with Gasteiger partial charge in [0.15, 0.2) is 0 Å². The van der Waals surface area contributed by atoms with Crippen LogP contribution in [-0.2, 0) is 4.79 Å². The fraction of sp³-hybridized carbons (Fsp3) is 0.611. The molecule has 0 spiro atoms. The average molecular weight is 320 g/mol. The minimum atomic E-state index is -0.533. The molecule has 1 aliphatic heterocycles. The molecule has 0 aromatic heterocycles. The quantitative estimate of drug-likeness (QED) is 0.845. The number of nitrogens with zero attached hydrogens (tertiary/aromatic N) is 1. The van der Waals surface area contributed by atoms with E-state index in [0.717, 1.165) is 24.6 Å². The normalized spacial score (nSPS) is 17.7. The van der Waals surface area contributed by atoms with E-state index < -0.39 is 6.10 Å². The molecule has 1 atom stereocenters. The monoisotopic (exact) mass is 320 g/mol. The van der Waals surface area contributed by atoms with Crippen LogP contribution in [0.25, 0.3) is 0 Å². The Morgan fingerprint density at radius 2 is 2.13 bits per heavy atom. The molecular formula is C18H28N2O3. The Hall–Kier alpha value is -1.59. The molecule has 0 bridgehead atoms. The number of carbonyl (C=O) groups is 1. The minimum Gasteiger partial charge on any atom is -0.489 e. The summed E-state index contributed by atoms with van der Waals surface area (Å²) in [4.78, 5) is 13.5. The molecule has 1 aromatic carbocycles. The lowest BCUT2D eigenvalue weighted by Crippen LogP contribution is -2.40. The number of aliphatic hydroxyl groups excluding tert-OH is 1. The third-order valence-corrected chi connectivity index (χ3v) is 4.22. The highest BCUT2D eigenvalue weighted by molar-refractivity contribution is 5.90. The number of hydrogen-bond acceptors (Lipinski definition) is 4. The van der Waals surface area contributed by atoms with E-state index in [1.165, 1.54) is 19.8 Å². The Kier molecular flexibility index (Phi) is 6.42. The number of benzene rings is 1. The van der Waals surface area contributed by atoms with Gasteiger partial charge >= 0.3 is 0 Å². The molecule has 128 valence electrons. The second kappa shape index (κ2) is 8.31. The van der Waals surface area contributed by atoms with Crippen LogP contribution in [-0.4, -0.2) is 48.3 Å². The standard InChI is InChI=1S/C18H28N2O3/c1-13-6-8-20(9-7-13)11-16(22)12-23-18-10-14(2)4-5-17(18)19-15(3)21/h4-5,10,13,16,22H,6-9,11-12H2,1-3H3,(H,19,21)/t16-/m1/s1. The Morgan fingerprint density at radius 3 is 2.78 bits per heavy atom. The highest BCUT2D eigenvalue weighted by Gasteiger charge is 2.19. The first-order chi connectivity index (χ1) is 10.9. The van der Waals surface area contributed by atoms with Crippen LogP contribution >= 0.6 is 0 Å². The molecule has 2 N–H and O–H groups in total. The number of anilines is 1. The van der Waals surface area contributed by atoms with E-state index in [0.29, 0.717) is 18.0 Å². The molecule has 0 radical (unpaired) electrons. The molecule has 0 saturated carbocycles. The number of piperidine rings is 1. The summed E-state index contributed by atoms with van der Waals surface area (Å²) in [6.07, 6.45) is 1.85. The second-order valence-electron chi connectivity index (χ2n) is 6.63. The molecule has 2 rings (SSSR count). The van der Waals surface area contributed by atoms with Gasteiger partial charge in [0.2, 0.25) is 5.91 Å². The largest absolute Gasteiger partial charge is 0.489 e. The van der Waals surface area contributed by atoms with Gasteiger partial charge in [0, 0.05) is 13.5 Å². The molecular weight excluding hydrogens is 292 g/mol. The van der Waals surface area contributed by atoms with Crippen LogP contribution in [0.5, 0.6) is 5.75 Å². The smallest absolute Gasteiger partial charge is 0.221 e. The van der Waals surface area contributed by atoms with Crippen molar-refractivity contribution in [1.29, 1.82) is 0 Å². The molecule has 5 heteroatoms. The van der Waals surface area contributed by atoms with Crippen molar-refractivity contribution < 1.29 is 14.6 Å². The van der Waals surface area contributed by atoms with Crippen molar-refractivity contribution >= 4 is 11.6 Å². The summed E-state index contributed by atoms with van der Waals surface area (Å²) >= 11 is 0. The van der Waals surface area contributed by atoms with Crippen molar-refractivity contribution in [2.75, 3.05) is 31.6 Å². The zero-order valence-electron chi connectivity index (χ0n) is 14.3. The number of amides is 1. The van der Waals surface area contributed by atoms with Crippen molar-refractivity contribution in [2.45, 2.75) is 39.7 Å². The average Bonchev–Trinajstić information content (AvgIpc) is 2.49. The van der Waals surface area contributed by atoms with Gasteiger partial charge < -0.3 is 20.1 Å². The molecule has 1 aliphatic rings. The van der Waals surface area contributed by atoms with Gasteiger partial charge in [0.25, 0.3) is 0 Å². The third kappa shape index (κ3) is 5.84. The lowest BCUT2D eigenvalue weighted by molar-refractivity contribution is -0.114. The van der Waals surface area contributed by atoms with Crippen LogP contribution in [0.2, 0.25) is 0 Å². The van der Waals surface area contributed by atoms with E-state index in [9.17, 15) is 9.90 Å². The summed E-state index contributed by atoms with van der Waals surface area (Å²) < 4.78 is 5.75. The summed E-state index contributed by atoms with van der Waals surface area (Å²) in [5.41, 5.74) is 1.69. The topological polar surface area (TPSA) is 61.8 Å². The number of aliphatic hydroxyl groups is 1. The molecule has 1 heterocycles. The molecule has 23 heavy (non-hydrogen) atoms. The highest BCUT2D eigenvalue weighted by Crippen LogP contribution is 2.26. The maximum absolute atomic E-state index is 11.3. The predicted octanol–water partition coefficient (Wildman–Crippen LogP) is 2.43. The van der Waals surface area contributed by atoms with Crippen LogP contribution in [0.3, 0.4) is 0 Å². The molecule has 1 amide bonds. The van der Waals surface area contributed by atoms with Gasteiger partial charge in [-0.15, -0.1) is 0 Å². The number of nitrogens with one attached hydrogen (secondary N) is 1. The Labute approximate surface area is 138 Å². The van der Waals surface area contributed by atoms with E-state index in [2.05, 4.69) is 17.1 Å². The van der Waals surface area contributed by atoms with Gasteiger partial charge in [-0.25, -0.2) is 0 Å². The first-order valence-corrected chi connectivity index (χ1v) is 8.35. The van der Waals surface area contributed by atoms with Gasteiger partial charge in [-0.1, -0.05) is 13.0 Å². The molecule has 1 fully saturated rings. The van der Waals surface area contributed by atoms with E-state index >= 15 is 0 Å². The number of hydrogen-bond donors (Lipinski definition) is 2. The van der Waals surface area contributed by atoms with E-state index in [4.69, 9.17) is 4.74 Å².